The maximum Gasteiger partial charge on any atom is 0.226 e. The topological polar surface area (TPSA) is 67.9 Å². The second-order valence-electron chi connectivity index (χ2n) is 4.65. The summed E-state index contributed by atoms with van der Waals surface area (Å²) in [5, 5.41) is 0.488. The van der Waals surface area contributed by atoms with Crippen LogP contribution in [-0.4, -0.2) is 28.0 Å². The van der Waals surface area contributed by atoms with Crippen LogP contribution in [0.2, 0.25) is 5.15 Å². The van der Waals surface area contributed by atoms with Crippen LogP contribution in [0, 0.1) is 13.8 Å². The number of hydrogen-bond donors (Lipinski definition) is 1. The van der Waals surface area contributed by atoms with Crippen molar-refractivity contribution >= 4 is 17.5 Å². The SMILES string of the molecule is Cc1cc(C)nc(N(CCN)Cc2ccc(Cl)nc2)n1. The molecule has 2 aromatic heterocycles. The minimum absolute atomic E-state index is 0.488. The van der Waals surface area contributed by atoms with Gasteiger partial charge in [0.1, 0.15) is 5.15 Å². The van der Waals surface area contributed by atoms with Gasteiger partial charge < -0.3 is 10.6 Å². The van der Waals surface area contributed by atoms with E-state index in [0.29, 0.717) is 30.7 Å². The van der Waals surface area contributed by atoms with E-state index in [2.05, 4.69) is 15.0 Å². The number of hydrogen-bond acceptors (Lipinski definition) is 5. The standard InChI is InChI=1S/C14H18ClN5/c1-10-7-11(2)19-14(18-10)20(6-5-16)9-12-3-4-13(15)17-8-12/h3-4,7-8H,5-6,9,16H2,1-2H3. The van der Waals surface area contributed by atoms with Crippen molar-refractivity contribution in [3.05, 3.63) is 46.5 Å². The molecule has 6 heteroatoms. The van der Waals surface area contributed by atoms with Gasteiger partial charge in [-0.05, 0) is 31.5 Å². The van der Waals surface area contributed by atoms with Gasteiger partial charge in [0.05, 0.1) is 0 Å². The van der Waals surface area contributed by atoms with E-state index >= 15 is 0 Å². The number of halogens is 1. The van der Waals surface area contributed by atoms with E-state index in [-0.39, 0.29) is 0 Å². The first kappa shape index (κ1) is 14.7. The summed E-state index contributed by atoms with van der Waals surface area (Å²) < 4.78 is 0. The molecule has 0 amide bonds. The van der Waals surface area contributed by atoms with Crippen molar-refractivity contribution in [1.29, 1.82) is 0 Å². The fraction of sp³-hybridized carbons (Fsp3) is 0.357. The highest BCUT2D eigenvalue weighted by Gasteiger charge is 2.11. The zero-order valence-corrected chi connectivity index (χ0v) is 12.4. The van der Waals surface area contributed by atoms with E-state index < -0.39 is 0 Å². The van der Waals surface area contributed by atoms with E-state index in [9.17, 15) is 0 Å². The number of anilines is 1. The van der Waals surface area contributed by atoms with E-state index in [1.54, 1.807) is 12.3 Å². The smallest absolute Gasteiger partial charge is 0.226 e. The number of rotatable bonds is 5. The molecule has 0 atom stereocenters. The Morgan fingerprint density at radius 2 is 1.90 bits per heavy atom. The molecule has 5 nitrogen and oxygen atoms in total. The van der Waals surface area contributed by atoms with Crippen molar-refractivity contribution in [2.45, 2.75) is 20.4 Å². The summed E-state index contributed by atoms with van der Waals surface area (Å²) in [4.78, 5) is 15.1. The molecule has 2 N–H and O–H groups in total. The highest BCUT2D eigenvalue weighted by Crippen LogP contribution is 2.14. The quantitative estimate of drug-likeness (QED) is 0.855. The van der Waals surface area contributed by atoms with Crippen molar-refractivity contribution in [1.82, 2.24) is 15.0 Å². The highest BCUT2D eigenvalue weighted by molar-refractivity contribution is 6.29. The minimum atomic E-state index is 0.488. The summed E-state index contributed by atoms with van der Waals surface area (Å²) in [6.45, 7) is 5.80. The number of pyridine rings is 1. The van der Waals surface area contributed by atoms with Crippen molar-refractivity contribution < 1.29 is 0 Å². The van der Waals surface area contributed by atoms with E-state index in [0.717, 1.165) is 17.0 Å². The molecule has 0 spiro atoms. The molecular formula is C14H18ClN5. The van der Waals surface area contributed by atoms with Crippen molar-refractivity contribution in [3.8, 4) is 0 Å². The van der Waals surface area contributed by atoms with Crippen LogP contribution in [0.15, 0.2) is 24.4 Å². The summed E-state index contributed by atoms with van der Waals surface area (Å²) >= 11 is 5.80. The third-order valence-corrected chi connectivity index (χ3v) is 3.04. The minimum Gasteiger partial charge on any atom is -0.335 e. The van der Waals surface area contributed by atoms with E-state index in [1.807, 2.05) is 30.9 Å². The van der Waals surface area contributed by atoms with Crippen molar-refractivity contribution in [3.63, 3.8) is 0 Å². The van der Waals surface area contributed by atoms with Crippen LogP contribution in [0.1, 0.15) is 17.0 Å². The van der Waals surface area contributed by atoms with Gasteiger partial charge in [0.2, 0.25) is 5.95 Å². The summed E-state index contributed by atoms with van der Waals surface area (Å²) in [6, 6.07) is 5.68. The Bertz CT molecular complexity index is 550. The largest absolute Gasteiger partial charge is 0.335 e. The molecule has 0 radical (unpaired) electrons. The number of aryl methyl sites for hydroxylation is 2. The molecule has 0 aliphatic rings. The zero-order valence-electron chi connectivity index (χ0n) is 11.7. The Morgan fingerprint density at radius 1 is 1.20 bits per heavy atom. The van der Waals surface area contributed by atoms with Crippen LogP contribution >= 0.6 is 11.6 Å². The fourth-order valence-corrected chi connectivity index (χ4v) is 2.09. The molecule has 2 rings (SSSR count). The van der Waals surface area contributed by atoms with E-state index in [4.69, 9.17) is 17.3 Å². The monoisotopic (exact) mass is 291 g/mol. The molecule has 0 bridgehead atoms. The second-order valence-corrected chi connectivity index (χ2v) is 5.04. The van der Waals surface area contributed by atoms with Crippen LogP contribution in [0.4, 0.5) is 5.95 Å². The molecule has 0 saturated heterocycles. The molecule has 2 heterocycles. The van der Waals surface area contributed by atoms with Gasteiger partial charge in [0.15, 0.2) is 0 Å². The Balaban J connectivity index is 2.23. The highest BCUT2D eigenvalue weighted by atomic mass is 35.5. The van der Waals surface area contributed by atoms with Gasteiger partial charge in [-0.15, -0.1) is 0 Å². The Labute approximate surface area is 123 Å². The van der Waals surface area contributed by atoms with Crippen LogP contribution in [0.3, 0.4) is 0 Å². The normalized spacial score (nSPS) is 10.6. The third-order valence-electron chi connectivity index (χ3n) is 2.81. The molecular weight excluding hydrogens is 274 g/mol. The van der Waals surface area contributed by atoms with Crippen LogP contribution in [0.25, 0.3) is 0 Å². The first-order valence-corrected chi connectivity index (χ1v) is 6.84. The molecule has 0 fully saturated rings. The lowest BCUT2D eigenvalue weighted by atomic mass is 10.2. The van der Waals surface area contributed by atoms with Crippen molar-refractivity contribution in [2.75, 3.05) is 18.0 Å². The molecule has 0 aliphatic carbocycles. The van der Waals surface area contributed by atoms with Gasteiger partial charge in [-0.25, -0.2) is 15.0 Å². The molecule has 0 aliphatic heterocycles. The number of nitrogens with zero attached hydrogens (tertiary/aromatic N) is 4. The van der Waals surface area contributed by atoms with Crippen LogP contribution in [0.5, 0.6) is 0 Å². The Kier molecular flexibility index (Phi) is 4.87. The molecule has 0 unspecified atom stereocenters. The second kappa shape index (κ2) is 6.63. The molecule has 106 valence electrons. The lowest BCUT2D eigenvalue weighted by molar-refractivity contribution is 0.750. The van der Waals surface area contributed by atoms with Gasteiger partial charge in [-0.2, -0.15) is 0 Å². The lowest BCUT2D eigenvalue weighted by Gasteiger charge is -2.22. The maximum absolute atomic E-state index is 5.80. The molecule has 20 heavy (non-hydrogen) atoms. The third kappa shape index (κ3) is 3.88. The lowest BCUT2D eigenvalue weighted by Crippen LogP contribution is -2.30. The van der Waals surface area contributed by atoms with Gasteiger partial charge in [-0.3, -0.25) is 0 Å². The molecule has 0 aromatic carbocycles. The first-order chi connectivity index (χ1) is 9.58. The van der Waals surface area contributed by atoms with Gasteiger partial charge in [0.25, 0.3) is 0 Å². The Hall–Kier alpha value is -1.72. The fourth-order valence-electron chi connectivity index (χ4n) is 1.97. The predicted molar refractivity (Wildman–Crippen MR) is 80.9 cm³/mol. The van der Waals surface area contributed by atoms with Crippen molar-refractivity contribution in [2.24, 2.45) is 5.73 Å². The maximum atomic E-state index is 5.80. The molecule has 2 aromatic rings. The first-order valence-electron chi connectivity index (χ1n) is 6.46. The van der Waals surface area contributed by atoms with Crippen LogP contribution < -0.4 is 10.6 Å². The summed E-state index contributed by atoms with van der Waals surface area (Å²) in [5.74, 6) is 0.697. The summed E-state index contributed by atoms with van der Waals surface area (Å²) in [7, 11) is 0. The van der Waals surface area contributed by atoms with Gasteiger partial charge in [-0.1, -0.05) is 17.7 Å². The van der Waals surface area contributed by atoms with Crippen LogP contribution in [-0.2, 0) is 6.54 Å². The van der Waals surface area contributed by atoms with Gasteiger partial charge in [0, 0.05) is 37.2 Å². The predicted octanol–water partition coefficient (Wildman–Crippen LogP) is 2.11. The molecule has 0 saturated carbocycles. The van der Waals surface area contributed by atoms with Gasteiger partial charge >= 0.3 is 0 Å². The average Bonchev–Trinajstić information content (AvgIpc) is 2.39. The Morgan fingerprint density at radius 3 is 2.45 bits per heavy atom. The summed E-state index contributed by atoms with van der Waals surface area (Å²) in [6.07, 6.45) is 1.76. The zero-order chi connectivity index (χ0) is 14.5. The number of aromatic nitrogens is 3. The average molecular weight is 292 g/mol. The summed E-state index contributed by atoms with van der Waals surface area (Å²) in [5.41, 5.74) is 8.63. The number of nitrogens with two attached hydrogens (primary N) is 1. The van der Waals surface area contributed by atoms with E-state index in [1.165, 1.54) is 0 Å².